The number of aromatic amines is 2. The van der Waals surface area contributed by atoms with Gasteiger partial charge in [0.15, 0.2) is 0 Å². The number of aryl methyl sites for hydroxylation is 1. The first-order valence-electron chi connectivity index (χ1n) is 7.36. The van der Waals surface area contributed by atoms with Gasteiger partial charge in [-0.15, -0.1) is 0 Å². The molecule has 1 spiro atoms. The fraction of sp³-hybridized carbons (Fsp3) is 0.375. The van der Waals surface area contributed by atoms with Gasteiger partial charge in [-0.3, -0.25) is 9.78 Å². The molecule has 1 aliphatic heterocycles. The first-order chi connectivity index (χ1) is 10.2. The molecular formula is C16H17N3O2. The average molecular weight is 283 g/mol. The van der Waals surface area contributed by atoms with Crippen molar-refractivity contribution in [1.29, 1.82) is 0 Å². The maximum absolute atomic E-state index is 11.9. The van der Waals surface area contributed by atoms with Crippen LogP contribution < -0.4 is 16.6 Å². The molecule has 108 valence electrons. The summed E-state index contributed by atoms with van der Waals surface area (Å²) in [6, 6.07) is 8.47. The van der Waals surface area contributed by atoms with Crippen molar-refractivity contribution in [3.05, 3.63) is 67.5 Å². The minimum Gasteiger partial charge on any atom is -0.311 e. The number of nitrogens with one attached hydrogen (secondary N) is 3. The molecule has 5 heteroatoms. The lowest BCUT2D eigenvalue weighted by Crippen LogP contribution is -2.51. The van der Waals surface area contributed by atoms with Crippen LogP contribution in [-0.4, -0.2) is 9.97 Å². The van der Waals surface area contributed by atoms with Crippen LogP contribution in [0.3, 0.4) is 0 Å². The summed E-state index contributed by atoms with van der Waals surface area (Å²) in [6.45, 7) is 0.496. The molecule has 0 saturated carbocycles. The monoisotopic (exact) mass is 283 g/mol. The standard InChI is InChI=1S/C16H17N3O2/c20-14-11-9-17-16(8-13(11)18-15(21)19-14)7-3-5-10-4-1-2-6-12(10)16/h1-2,4,6,17H,3,5,7-9H2,(H2,18,19,20,21)/t16-/m0/s1. The molecule has 2 aromatic rings. The molecule has 1 aromatic carbocycles. The molecule has 0 saturated heterocycles. The zero-order chi connectivity index (χ0) is 14.4. The number of hydrogen-bond acceptors (Lipinski definition) is 3. The molecule has 2 aliphatic rings. The van der Waals surface area contributed by atoms with E-state index in [-0.39, 0.29) is 11.1 Å². The van der Waals surface area contributed by atoms with E-state index in [2.05, 4.69) is 39.6 Å². The van der Waals surface area contributed by atoms with Gasteiger partial charge in [-0.1, -0.05) is 24.3 Å². The van der Waals surface area contributed by atoms with Gasteiger partial charge in [0, 0.05) is 24.2 Å². The highest BCUT2D eigenvalue weighted by molar-refractivity contribution is 5.39. The molecule has 3 N–H and O–H groups in total. The van der Waals surface area contributed by atoms with Crippen molar-refractivity contribution in [2.24, 2.45) is 0 Å². The van der Waals surface area contributed by atoms with Gasteiger partial charge >= 0.3 is 5.69 Å². The number of hydrogen-bond donors (Lipinski definition) is 3. The van der Waals surface area contributed by atoms with Crippen molar-refractivity contribution in [3.63, 3.8) is 0 Å². The zero-order valence-corrected chi connectivity index (χ0v) is 11.7. The summed E-state index contributed by atoms with van der Waals surface area (Å²) in [6.07, 6.45) is 3.90. The summed E-state index contributed by atoms with van der Waals surface area (Å²) < 4.78 is 0. The van der Waals surface area contributed by atoms with E-state index < -0.39 is 5.69 Å². The van der Waals surface area contributed by atoms with Crippen molar-refractivity contribution in [2.75, 3.05) is 0 Å². The quantitative estimate of drug-likeness (QED) is 0.673. The van der Waals surface area contributed by atoms with E-state index >= 15 is 0 Å². The number of fused-ring (bicyclic) bond motifs is 3. The molecular weight excluding hydrogens is 266 g/mol. The van der Waals surface area contributed by atoms with Gasteiger partial charge in [-0.25, -0.2) is 4.79 Å². The minimum absolute atomic E-state index is 0.154. The molecule has 1 aliphatic carbocycles. The molecule has 5 nitrogen and oxygen atoms in total. The predicted octanol–water partition coefficient (Wildman–Crippen LogP) is 0.941. The van der Waals surface area contributed by atoms with Crippen LogP contribution in [0.25, 0.3) is 0 Å². The number of benzene rings is 1. The number of H-pyrrole nitrogens is 2. The smallest absolute Gasteiger partial charge is 0.311 e. The second kappa shape index (κ2) is 4.43. The highest BCUT2D eigenvalue weighted by Crippen LogP contribution is 2.39. The maximum atomic E-state index is 11.9. The Balaban J connectivity index is 1.86. The van der Waals surface area contributed by atoms with Crippen molar-refractivity contribution in [2.45, 2.75) is 37.8 Å². The molecule has 0 amide bonds. The van der Waals surface area contributed by atoms with E-state index in [1.165, 1.54) is 11.1 Å². The lowest BCUT2D eigenvalue weighted by Gasteiger charge is -2.43. The Morgan fingerprint density at radius 2 is 1.95 bits per heavy atom. The van der Waals surface area contributed by atoms with E-state index in [0.717, 1.165) is 25.0 Å². The van der Waals surface area contributed by atoms with Crippen LogP contribution in [0.4, 0.5) is 0 Å². The molecule has 0 radical (unpaired) electrons. The van der Waals surface area contributed by atoms with Crippen molar-refractivity contribution in [1.82, 2.24) is 15.3 Å². The molecule has 2 heterocycles. The Hall–Kier alpha value is -2.14. The van der Waals surface area contributed by atoms with E-state index in [0.29, 0.717) is 18.5 Å². The Bertz CT molecular complexity index is 821. The molecule has 0 unspecified atom stereocenters. The Labute approximate surface area is 121 Å². The van der Waals surface area contributed by atoms with Gasteiger partial charge in [0.25, 0.3) is 5.56 Å². The molecule has 21 heavy (non-hydrogen) atoms. The zero-order valence-electron chi connectivity index (χ0n) is 11.7. The second-order valence-corrected chi connectivity index (χ2v) is 5.99. The molecule has 1 atom stereocenters. The van der Waals surface area contributed by atoms with Crippen molar-refractivity contribution >= 4 is 0 Å². The van der Waals surface area contributed by atoms with Gasteiger partial charge < -0.3 is 10.3 Å². The first-order valence-corrected chi connectivity index (χ1v) is 7.36. The summed E-state index contributed by atoms with van der Waals surface area (Å²) in [5, 5.41) is 3.57. The largest absolute Gasteiger partial charge is 0.325 e. The van der Waals surface area contributed by atoms with Crippen molar-refractivity contribution in [3.8, 4) is 0 Å². The fourth-order valence-corrected chi connectivity index (χ4v) is 3.81. The third kappa shape index (κ3) is 1.88. The third-order valence-electron chi connectivity index (χ3n) is 4.79. The van der Waals surface area contributed by atoms with Crippen LogP contribution in [0, 0.1) is 0 Å². The summed E-state index contributed by atoms with van der Waals surface area (Å²) in [5.41, 5.74) is 3.26. The van der Waals surface area contributed by atoms with E-state index in [1.807, 2.05) is 0 Å². The molecule has 1 aromatic heterocycles. The van der Waals surface area contributed by atoms with Crippen LogP contribution in [-0.2, 0) is 24.9 Å². The number of aromatic nitrogens is 2. The predicted molar refractivity (Wildman–Crippen MR) is 79.3 cm³/mol. The first kappa shape index (κ1) is 12.6. The van der Waals surface area contributed by atoms with Crippen LogP contribution in [0.1, 0.15) is 35.2 Å². The van der Waals surface area contributed by atoms with Gasteiger partial charge in [0.2, 0.25) is 0 Å². The van der Waals surface area contributed by atoms with Crippen LogP contribution in [0.5, 0.6) is 0 Å². The second-order valence-electron chi connectivity index (χ2n) is 5.99. The van der Waals surface area contributed by atoms with Crippen LogP contribution >= 0.6 is 0 Å². The Morgan fingerprint density at radius 3 is 2.86 bits per heavy atom. The highest BCUT2D eigenvalue weighted by atomic mass is 16.2. The minimum atomic E-state index is -0.417. The van der Waals surface area contributed by atoms with Crippen LogP contribution in [0.2, 0.25) is 0 Å². The third-order valence-corrected chi connectivity index (χ3v) is 4.79. The normalized spacial score (nSPS) is 23.6. The summed E-state index contributed by atoms with van der Waals surface area (Å²) in [5.74, 6) is 0. The Morgan fingerprint density at radius 1 is 1.10 bits per heavy atom. The molecule has 0 fully saturated rings. The van der Waals surface area contributed by atoms with E-state index in [1.54, 1.807) is 0 Å². The van der Waals surface area contributed by atoms with Gasteiger partial charge in [0.05, 0.1) is 5.56 Å². The fourth-order valence-electron chi connectivity index (χ4n) is 3.81. The van der Waals surface area contributed by atoms with E-state index in [4.69, 9.17) is 0 Å². The van der Waals surface area contributed by atoms with E-state index in [9.17, 15) is 9.59 Å². The molecule has 4 rings (SSSR count). The summed E-state index contributed by atoms with van der Waals surface area (Å²) >= 11 is 0. The average Bonchev–Trinajstić information content (AvgIpc) is 2.47. The topological polar surface area (TPSA) is 77.8 Å². The van der Waals surface area contributed by atoms with Gasteiger partial charge in [-0.05, 0) is 30.4 Å². The lowest BCUT2D eigenvalue weighted by molar-refractivity contribution is 0.259. The summed E-state index contributed by atoms with van der Waals surface area (Å²) in [4.78, 5) is 28.6. The van der Waals surface area contributed by atoms with Crippen molar-refractivity contribution < 1.29 is 0 Å². The Kier molecular flexibility index (Phi) is 2.65. The number of rotatable bonds is 0. The van der Waals surface area contributed by atoms with Gasteiger partial charge in [0.1, 0.15) is 0 Å². The summed E-state index contributed by atoms with van der Waals surface area (Å²) in [7, 11) is 0. The molecule has 0 bridgehead atoms. The maximum Gasteiger partial charge on any atom is 0.325 e. The SMILES string of the molecule is O=c1[nH]c2c(c(=O)[nH]1)CN[C@@]1(CCCc3ccccc31)C2. The van der Waals surface area contributed by atoms with Crippen LogP contribution in [0.15, 0.2) is 33.9 Å². The lowest BCUT2D eigenvalue weighted by atomic mass is 9.72. The van der Waals surface area contributed by atoms with Gasteiger partial charge in [-0.2, -0.15) is 0 Å². The highest BCUT2D eigenvalue weighted by Gasteiger charge is 2.39.